The molecule has 3 aromatic rings. The van der Waals surface area contributed by atoms with E-state index >= 15 is 0 Å². The van der Waals surface area contributed by atoms with Gasteiger partial charge in [0.1, 0.15) is 11.6 Å². The molecule has 0 spiro atoms. The van der Waals surface area contributed by atoms with Crippen LogP contribution in [0.3, 0.4) is 0 Å². The maximum atomic E-state index is 14.1. The summed E-state index contributed by atoms with van der Waals surface area (Å²) < 4.78 is 35.0. The van der Waals surface area contributed by atoms with Crippen LogP contribution < -0.4 is 15.5 Å². The molecule has 3 heterocycles. The molecule has 0 bridgehead atoms. The number of halogens is 2. The van der Waals surface area contributed by atoms with E-state index < -0.39 is 6.43 Å². The molecule has 3 N–H and O–H groups in total. The Balaban J connectivity index is 1.36. The van der Waals surface area contributed by atoms with Gasteiger partial charge in [-0.2, -0.15) is 9.97 Å². The lowest BCUT2D eigenvalue weighted by Gasteiger charge is -2.30. The number of morpholine rings is 1. The quantitative estimate of drug-likeness (QED) is 0.347. The Morgan fingerprint density at radius 3 is 2.63 bits per heavy atom. The molecule has 0 unspecified atom stereocenters. The van der Waals surface area contributed by atoms with Gasteiger partial charge in [-0.05, 0) is 56.2 Å². The molecular formula is C27H35F2N7O2. The summed E-state index contributed by atoms with van der Waals surface area (Å²) in [6, 6.07) is 9.29. The van der Waals surface area contributed by atoms with Gasteiger partial charge in [0.15, 0.2) is 5.82 Å². The lowest BCUT2D eigenvalue weighted by molar-refractivity contribution is 0.122. The topological polar surface area (TPSA) is 100 Å². The van der Waals surface area contributed by atoms with Gasteiger partial charge >= 0.3 is 0 Å². The van der Waals surface area contributed by atoms with Gasteiger partial charge in [-0.15, -0.1) is 0 Å². The van der Waals surface area contributed by atoms with E-state index in [9.17, 15) is 8.78 Å². The van der Waals surface area contributed by atoms with Crippen LogP contribution in [0.15, 0.2) is 42.2 Å². The van der Waals surface area contributed by atoms with Gasteiger partial charge in [-0.1, -0.05) is 12.1 Å². The summed E-state index contributed by atoms with van der Waals surface area (Å²) in [5.41, 5.74) is 2.00. The van der Waals surface area contributed by atoms with Crippen LogP contribution in [0.2, 0.25) is 0 Å². The first kappa shape index (κ1) is 26.3. The summed E-state index contributed by atoms with van der Waals surface area (Å²) in [6.45, 7) is 5.75. The second kappa shape index (κ2) is 12.0. The molecule has 0 amide bonds. The minimum absolute atomic E-state index is 0.333. The van der Waals surface area contributed by atoms with Gasteiger partial charge in [-0.25, -0.2) is 13.8 Å². The zero-order valence-electron chi connectivity index (χ0n) is 21.6. The van der Waals surface area contributed by atoms with Crippen LogP contribution in [0.5, 0.6) is 0 Å². The minimum Gasteiger partial charge on any atom is -0.516 e. The number of imidazole rings is 1. The molecule has 1 aromatic carbocycles. The summed E-state index contributed by atoms with van der Waals surface area (Å²) in [5, 5.41) is 16.1. The Morgan fingerprint density at radius 1 is 1.13 bits per heavy atom. The van der Waals surface area contributed by atoms with Gasteiger partial charge in [0.25, 0.3) is 6.43 Å². The highest BCUT2D eigenvalue weighted by Crippen LogP contribution is 2.30. The van der Waals surface area contributed by atoms with Crippen molar-refractivity contribution in [2.24, 2.45) is 5.92 Å². The fraction of sp³-hybridized carbons (Fsp3) is 0.519. The Morgan fingerprint density at radius 2 is 1.89 bits per heavy atom. The maximum absolute atomic E-state index is 14.1. The number of aliphatic hydroxyl groups excluding tert-OH is 1. The van der Waals surface area contributed by atoms with Crippen molar-refractivity contribution in [3.63, 3.8) is 0 Å². The van der Waals surface area contributed by atoms with Crippen LogP contribution in [-0.4, -0.2) is 70.1 Å². The Labute approximate surface area is 220 Å². The normalized spacial score (nSPS) is 20.8. The van der Waals surface area contributed by atoms with Gasteiger partial charge in [0.05, 0.1) is 30.5 Å². The summed E-state index contributed by atoms with van der Waals surface area (Å²) in [5.74, 6) is 1.62. The number of fused-ring (bicyclic) bond motifs is 1. The van der Waals surface area contributed by atoms with Crippen molar-refractivity contribution in [1.82, 2.24) is 24.8 Å². The predicted molar refractivity (Wildman–Crippen MR) is 143 cm³/mol. The molecule has 38 heavy (non-hydrogen) atoms. The maximum Gasteiger partial charge on any atom is 0.296 e. The summed E-state index contributed by atoms with van der Waals surface area (Å²) in [7, 11) is 0. The average Bonchev–Trinajstić information content (AvgIpc) is 3.36. The Kier molecular flexibility index (Phi) is 8.33. The number of anilines is 2. The van der Waals surface area contributed by atoms with Gasteiger partial charge < -0.3 is 25.4 Å². The number of alkyl halides is 2. The van der Waals surface area contributed by atoms with E-state index in [1.54, 1.807) is 24.3 Å². The van der Waals surface area contributed by atoms with Crippen molar-refractivity contribution >= 4 is 22.8 Å². The van der Waals surface area contributed by atoms with Gasteiger partial charge in [0.2, 0.25) is 5.95 Å². The van der Waals surface area contributed by atoms with Crippen LogP contribution in [0.4, 0.5) is 20.5 Å². The molecule has 5 rings (SSSR count). The second-order valence-corrected chi connectivity index (χ2v) is 10.1. The molecule has 1 aliphatic heterocycles. The Hall–Kier alpha value is -3.31. The first-order valence-corrected chi connectivity index (χ1v) is 13.3. The molecule has 1 saturated carbocycles. The van der Waals surface area contributed by atoms with Gasteiger partial charge in [0, 0.05) is 38.3 Å². The number of aliphatic hydroxyl groups is 1. The third-order valence-corrected chi connectivity index (χ3v) is 7.31. The second-order valence-electron chi connectivity index (χ2n) is 10.1. The van der Waals surface area contributed by atoms with Crippen LogP contribution in [0.25, 0.3) is 16.9 Å². The van der Waals surface area contributed by atoms with Crippen LogP contribution in [0, 0.1) is 5.92 Å². The smallest absolute Gasteiger partial charge is 0.296 e. The summed E-state index contributed by atoms with van der Waals surface area (Å²) in [6.07, 6.45) is 2.68. The highest BCUT2D eigenvalue weighted by molar-refractivity contribution is 5.78. The highest BCUT2D eigenvalue weighted by Gasteiger charge is 2.24. The number of hydrogen-bond donors (Lipinski definition) is 3. The van der Waals surface area contributed by atoms with Crippen molar-refractivity contribution in [2.45, 2.75) is 45.1 Å². The minimum atomic E-state index is -2.75. The van der Waals surface area contributed by atoms with Crippen molar-refractivity contribution in [3.05, 3.63) is 48.0 Å². The molecule has 1 aliphatic carbocycles. The molecule has 0 radical (unpaired) electrons. The van der Waals surface area contributed by atoms with E-state index in [2.05, 4.69) is 15.6 Å². The fourth-order valence-electron chi connectivity index (χ4n) is 5.13. The van der Waals surface area contributed by atoms with Crippen molar-refractivity contribution in [3.8, 4) is 5.82 Å². The molecule has 9 nitrogen and oxygen atoms in total. The highest BCUT2D eigenvalue weighted by atomic mass is 19.3. The van der Waals surface area contributed by atoms with Crippen LogP contribution >= 0.6 is 0 Å². The third-order valence-electron chi connectivity index (χ3n) is 7.31. The van der Waals surface area contributed by atoms with E-state index in [0.29, 0.717) is 73.4 Å². The fourth-order valence-corrected chi connectivity index (χ4v) is 5.13. The van der Waals surface area contributed by atoms with Crippen LogP contribution in [-0.2, 0) is 4.74 Å². The van der Waals surface area contributed by atoms with Crippen molar-refractivity contribution in [1.29, 1.82) is 0 Å². The lowest BCUT2D eigenvalue weighted by Crippen LogP contribution is -2.37. The van der Waals surface area contributed by atoms with Crippen molar-refractivity contribution in [2.75, 3.05) is 49.6 Å². The molecule has 2 aliphatic rings. The number of rotatable bonds is 9. The molecule has 2 fully saturated rings. The molecule has 0 atom stereocenters. The molecular weight excluding hydrogens is 492 g/mol. The third kappa shape index (κ3) is 6.05. The first-order chi connectivity index (χ1) is 18.5. The van der Waals surface area contributed by atoms with Crippen molar-refractivity contribution < 1.29 is 18.6 Å². The SMILES string of the molecule is C/C(=C\O)CNC1CCC(CNc2cc(-n3c(C(F)F)nc4ccccc43)nc(N3CCOCC3)n2)CC1. The number of hydrogen-bond acceptors (Lipinski definition) is 8. The molecule has 1 saturated heterocycles. The lowest BCUT2D eigenvalue weighted by atomic mass is 9.86. The average molecular weight is 528 g/mol. The molecule has 204 valence electrons. The van der Waals surface area contributed by atoms with E-state index in [1.165, 1.54) is 4.57 Å². The summed E-state index contributed by atoms with van der Waals surface area (Å²) in [4.78, 5) is 15.7. The first-order valence-electron chi connectivity index (χ1n) is 13.3. The zero-order valence-corrected chi connectivity index (χ0v) is 21.6. The molecule has 2 aromatic heterocycles. The predicted octanol–water partition coefficient (Wildman–Crippen LogP) is 4.61. The van der Waals surface area contributed by atoms with E-state index in [4.69, 9.17) is 19.8 Å². The number of nitrogens with one attached hydrogen (secondary N) is 2. The number of benzene rings is 1. The van der Waals surface area contributed by atoms with E-state index in [0.717, 1.165) is 44.1 Å². The number of ether oxygens (including phenoxy) is 1. The Bertz CT molecular complexity index is 1250. The standard InChI is InChI=1S/C27H35F2N7O2/c1-18(17-37)15-30-20-8-6-19(7-9-20)16-31-23-14-24(34-27(33-23)35-10-12-38-13-11-35)36-22-5-3-2-4-21(22)32-26(36)25(28)29/h2-5,14,17,19-20,25,30,37H,6-13,15-16H2,1H3,(H,31,33,34)/b18-17+. The molecule has 11 heteroatoms. The van der Waals surface area contributed by atoms with Crippen LogP contribution in [0.1, 0.15) is 44.9 Å². The number of aromatic nitrogens is 4. The zero-order chi connectivity index (χ0) is 26.5. The van der Waals surface area contributed by atoms with E-state index in [-0.39, 0.29) is 5.82 Å². The monoisotopic (exact) mass is 527 g/mol. The number of para-hydroxylation sites is 2. The summed E-state index contributed by atoms with van der Waals surface area (Å²) >= 11 is 0. The van der Waals surface area contributed by atoms with E-state index in [1.807, 2.05) is 17.9 Å². The van der Waals surface area contributed by atoms with Gasteiger partial charge in [-0.3, -0.25) is 4.57 Å². The largest absolute Gasteiger partial charge is 0.516 e. The number of nitrogens with zero attached hydrogens (tertiary/aromatic N) is 5.